The van der Waals surface area contributed by atoms with Crippen molar-refractivity contribution in [2.75, 3.05) is 41.0 Å². The predicted octanol–water partition coefficient (Wildman–Crippen LogP) is 4.31. The third-order valence-corrected chi connectivity index (χ3v) is 7.62. The molecule has 1 N–H and O–H groups in total. The van der Waals surface area contributed by atoms with Gasteiger partial charge >= 0.3 is 14.8 Å². The summed E-state index contributed by atoms with van der Waals surface area (Å²) in [4.78, 5) is 11.7. The van der Waals surface area contributed by atoms with E-state index in [0.717, 1.165) is 31.9 Å². The second-order valence-electron chi connectivity index (χ2n) is 6.95. The van der Waals surface area contributed by atoms with E-state index < -0.39 is 8.80 Å². The zero-order valence-electron chi connectivity index (χ0n) is 18.1. The molecule has 0 fully saturated rings. The Morgan fingerprint density at radius 3 is 1.89 bits per heavy atom. The van der Waals surface area contributed by atoms with Crippen molar-refractivity contribution < 1.29 is 22.8 Å². The van der Waals surface area contributed by atoms with Crippen LogP contribution < -0.4 is 5.32 Å². The van der Waals surface area contributed by atoms with Crippen LogP contribution in [-0.4, -0.2) is 55.8 Å². The van der Waals surface area contributed by atoms with Gasteiger partial charge in [0.25, 0.3) is 0 Å². The molecule has 0 aromatic heterocycles. The lowest BCUT2D eigenvalue weighted by Crippen LogP contribution is -2.43. The predicted molar refractivity (Wildman–Crippen MR) is 112 cm³/mol. The first-order valence-corrected chi connectivity index (χ1v) is 12.6. The largest absolute Gasteiger partial charge is 0.500 e. The van der Waals surface area contributed by atoms with Gasteiger partial charge in [0.1, 0.15) is 0 Å². The number of unbranched alkanes of at least 4 members (excludes halogenated alkanes) is 8. The van der Waals surface area contributed by atoms with Crippen molar-refractivity contribution in [2.45, 2.75) is 83.6 Å². The molecule has 0 radical (unpaired) electrons. The van der Waals surface area contributed by atoms with E-state index in [4.69, 9.17) is 18.0 Å². The summed E-state index contributed by atoms with van der Waals surface area (Å²) in [6.45, 7) is 4.24. The van der Waals surface area contributed by atoms with Crippen molar-refractivity contribution in [1.29, 1.82) is 0 Å². The molecule has 0 unspecified atom stereocenters. The topological polar surface area (TPSA) is 66.0 Å². The number of rotatable bonds is 20. The highest BCUT2D eigenvalue weighted by molar-refractivity contribution is 6.60. The minimum absolute atomic E-state index is 0.114. The molecule has 0 saturated heterocycles. The monoisotopic (exact) mass is 405 g/mol. The summed E-state index contributed by atoms with van der Waals surface area (Å²) in [5, 5.41) is 3.26. The molecule has 0 bridgehead atoms. The smallest absolute Gasteiger partial charge is 0.466 e. The molecular formula is C20H43NO5Si. The van der Waals surface area contributed by atoms with Crippen molar-refractivity contribution in [3.63, 3.8) is 0 Å². The van der Waals surface area contributed by atoms with Crippen LogP contribution >= 0.6 is 0 Å². The lowest BCUT2D eigenvalue weighted by atomic mass is 10.1. The van der Waals surface area contributed by atoms with Gasteiger partial charge in [-0.05, 0) is 19.4 Å². The highest BCUT2D eigenvalue weighted by atomic mass is 28.4. The van der Waals surface area contributed by atoms with Gasteiger partial charge in [-0.2, -0.15) is 0 Å². The standard InChI is InChI=1S/C20H43NO5Si/c1-5-6-7-8-9-10-11-12-13-18-26-20(22)15-17-21-16-14-19-27(23-2,24-3)25-4/h21H,5-19H2,1-4H3. The van der Waals surface area contributed by atoms with Crippen molar-refractivity contribution in [3.8, 4) is 0 Å². The van der Waals surface area contributed by atoms with E-state index in [1.807, 2.05) is 0 Å². The Balaban J connectivity index is 3.40. The van der Waals surface area contributed by atoms with Gasteiger partial charge in [-0.1, -0.05) is 58.3 Å². The summed E-state index contributed by atoms with van der Waals surface area (Å²) in [5.74, 6) is -0.114. The van der Waals surface area contributed by atoms with Crippen LogP contribution in [0.25, 0.3) is 0 Å². The van der Waals surface area contributed by atoms with Gasteiger partial charge in [0, 0.05) is 33.9 Å². The van der Waals surface area contributed by atoms with E-state index >= 15 is 0 Å². The molecule has 0 rings (SSSR count). The maximum Gasteiger partial charge on any atom is 0.500 e. The Morgan fingerprint density at radius 2 is 1.33 bits per heavy atom. The van der Waals surface area contributed by atoms with Crippen LogP contribution in [0.4, 0.5) is 0 Å². The molecule has 0 aliphatic rings. The maximum atomic E-state index is 11.7. The first-order valence-electron chi connectivity index (χ1n) is 10.7. The zero-order valence-corrected chi connectivity index (χ0v) is 19.1. The molecule has 7 heteroatoms. The molecule has 6 nitrogen and oxygen atoms in total. The third kappa shape index (κ3) is 15.2. The van der Waals surface area contributed by atoms with E-state index in [2.05, 4.69) is 12.2 Å². The lowest BCUT2D eigenvalue weighted by molar-refractivity contribution is -0.143. The number of nitrogens with one attached hydrogen (secondary N) is 1. The number of carbonyl (C=O) groups is 1. The first-order chi connectivity index (χ1) is 13.1. The summed E-state index contributed by atoms with van der Waals surface area (Å²) in [6.07, 6.45) is 12.7. The molecule has 27 heavy (non-hydrogen) atoms. The van der Waals surface area contributed by atoms with Crippen molar-refractivity contribution in [2.24, 2.45) is 0 Å². The van der Waals surface area contributed by atoms with Crippen LogP contribution in [0.1, 0.15) is 77.6 Å². The van der Waals surface area contributed by atoms with E-state index in [-0.39, 0.29) is 5.97 Å². The highest BCUT2D eigenvalue weighted by Crippen LogP contribution is 2.14. The Morgan fingerprint density at radius 1 is 0.778 bits per heavy atom. The molecule has 0 heterocycles. The van der Waals surface area contributed by atoms with Crippen LogP contribution in [0, 0.1) is 0 Å². The number of carbonyl (C=O) groups excluding carboxylic acids is 1. The summed E-state index contributed by atoms with van der Waals surface area (Å²) >= 11 is 0. The molecule has 0 aromatic carbocycles. The fraction of sp³-hybridized carbons (Fsp3) is 0.950. The summed E-state index contributed by atoms with van der Waals surface area (Å²) < 4.78 is 21.4. The Hall–Kier alpha value is -0.473. The molecule has 0 amide bonds. The average molecular weight is 406 g/mol. The van der Waals surface area contributed by atoms with Gasteiger partial charge < -0.3 is 23.3 Å². The Kier molecular flexibility index (Phi) is 18.5. The third-order valence-electron chi connectivity index (χ3n) is 4.79. The lowest BCUT2D eigenvalue weighted by Gasteiger charge is -2.24. The Labute approximate surface area is 168 Å². The first kappa shape index (κ1) is 26.5. The van der Waals surface area contributed by atoms with Crippen molar-refractivity contribution >= 4 is 14.8 Å². The van der Waals surface area contributed by atoms with Crippen LogP contribution in [0.15, 0.2) is 0 Å². The molecule has 0 saturated carbocycles. The van der Waals surface area contributed by atoms with Crippen molar-refractivity contribution in [1.82, 2.24) is 5.32 Å². The summed E-state index contributed by atoms with van der Waals surface area (Å²) in [7, 11) is 2.39. The zero-order chi connectivity index (χ0) is 20.2. The Bertz CT molecular complexity index is 332. The average Bonchev–Trinajstić information content (AvgIpc) is 2.69. The molecule has 0 atom stereocenters. The minimum Gasteiger partial charge on any atom is -0.466 e. The second kappa shape index (κ2) is 18.9. The molecule has 0 spiro atoms. The summed E-state index contributed by atoms with van der Waals surface area (Å²) in [5.41, 5.74) is 0. The molecule has 162 valence electrons. The quantitative estimate of drug-likeness (QED) is 0.185. The van der Waals surface area contributed by atoms with Crippen molar-refractivity contribution in [3.05, 3.63) is 0 Å². The SMILES string of the molecule is CCCCCCCCCCCOC(=O)CCNCCC[Si](OC)(OC)OC. The van der Waals surface area contributed by atoms with Crippen LogP contribution in [0.5, 0.6) is 0 Å². The van der Waals surface area contributed by atoms with Crippen LogP contribution in [-0.2, 0) is 22.8 Å². The van der Waals surface area contributed by atoms with Gasteiger partial charge in [-0.15, -0.1) is 0 Å². The molecule has 0 aliphatic carbocycles. The van der Waals surface area contributed by atoms with E-state index in [1.165, 1.54) is 44.9 Å². The number of hydrogen-bond donors (Lipinski definition) is 1. The highest BCUT2D eigenvalue weighted by Gasteiger charge is 2.36. The molecular weight excluding hydrogens is 362 g/mol. The summed E-state index contributed by atoms with van der Waals surface area (Å²) in [6, 6.07) is 0.756. The van der Waals surface area contributed by atoms with Gasteiger partial charge in [0.2, 0.25) is 0 Å². The van der Waals surface area contributed by atoms with Crippen LogP contribution in [0.2, 0.25) is 6.04 Å². The normalized spacial score (nSPS) is 11.7. The maximum absolute atomic E-state index is 11.7. The van der Waals surface area contributed by atoms with E-state index in [0.29, 0.717) is 19.6 Å². The van der Waals surface area contributed by atoms with Gasteiger partial charge in [-0.3, -0.25) is 4.79 Å². The van der Waals surface area contributed by atoms with Gasteiger partial charge in [-0.25, -0.2) is 0 Å². The minimum atomic E-state index is -2.47. The second-order valence-corrected chi connectivity index (χ2v) is 10.0. The van der Waals surface area contributed by atoms with E-state index in [9.17, 15) is 4.79 Å². The van der Waals surface area contributed by atoms with E-state index in [1.54, 1.807) is 21.3 Å². The van der Waals surface area contributed by atoms with Crippen LogP contribution in [0.3, 0.4) is 0 Å². The molecule has 0 aliphatic heterocycles. The number of hydrogen-bond acceptors (Lipinski definition) is 6. The fourth-order valence-corrected chi connectivity index (χ4v) is 4.69. The number of esters is 1. The number of ether oxygens (including phenoxy) is 1. The van der Waals surface area contributed by atoms with Gasteiger partial charge in [0.05, 0.1) is 13.0 Å². The fourth-order valence-electron chi connectivity index (χ4n) is 2.97. The molecule has 0 aromatic rings. The van der Waals surface area contributed by atoms with Gasteiger partial charge in [0.15, 0.2) is 0 Å².